The Kier molecular flexibility index (Phi) is 6.49. The molecule has 0 aromatic heterocycles. The highest BCUT2D eigenvalue weighted by atomic mass is 127. The summed E-state index contributed by atoms with van der Waals surface area (Å²) in [6, 6.07) is 9.17. The third kappa shape index (κ3) is 4.08. The summed E-state index contributed by atoms with van der Waals surface area (Å²) in [5.74, 6) is -0.294. The molecule has 1 aromatic carbocycles. The van der Waals surface area contributed by atoms with Gasteiger partial charge in [0, 0.05) is 24.5 Å². The lowest BCUT2D eigenvalue weighted by atomic mass is 9.76. The highest BCUT2D eigenvalue weighted by Gasteiger charge is 2.50. The van der Waals surface area contributed by atoms with Crippen molar-refractivity contribution in [3.05, 3.63) is 45.6 Å². The second kappa shape index (κ2) is 8.62. The van der Waals surface area contributed by atoms with Gasteiger partial charge in [-0.2, -0.15) is 0 Å². The Labute approximate surface area is 162 Å². The molecule has 0 saturated carbocycles. The van der Waals surface area contributed by atoms with Crippen LogP contribution in [0.15, 0.2) is 34.4 Å². The Balaban J connectivity index is 1.88. The molecule has 3 nitrogen and oxygen atoms in total. The maximum Gasteiger partial charge on any atom is 0.311 e. The molecular weight excluding hydrogens is 431 g/mol. The molecule has 2 aliphatic rings. The zero-order valence-corrected chi connectivity index (χ0v) is 16.7. The molecule has 0 spiro atoms. The quantitative estimate of drug-likeness (QED) is 0.470. The molecule has 0 amide bonds. The van der Waals surface area contributed by atoms with Gasteiger partial charge in [-0.1, -0.05) is 58.5 Å². The molecule has 4 atom stereocenters. The first-order valence-electron chi connectivity index (χ1n) is 8.95. The molecule has 3 rings (SSSR count). The number of esters is 1. The molecule has 136 valence electrons. The highest BCUT2D eigenvalue weighted by Crippen LogP contribution is 2.47. The summed E-state index contributed by atoms with van der Waals surface area (Å²) < 4.78 is 19.8. The molecule has 2 aliphatic heterocycles. The number of nitrogens with zero attached hydrogens (tertiary/aromatic N) is 1. The molecule has 5 heteroatoms. The van der Waals surface area contributed by atoms with Crippen molar-refractivity contribution in [2.24, 2.45) is 5.92 Å². The summed E-state index contributed by atoms with van der Waals surface area (Å²) in [5.41, 5.74) is 2.42. The van der Waals surface area contributed by atoms with Crippen LogP contribution >= 0.6 is 22.6 Å². The first-order valence-corrected chi connectivity index (χ1v) is 10.2. The minimum Gasteiger partial charge on any atom is -0.463 e. The Bertz CT molecular complexity index is 619. The summed E-state index contributed by atoms with van der Waals surface area (Å²) >= 11 is 2.23. The Hall–Kier alpha value is -0.950. The molecule has 2 saturated heterocycles. The number of hydrogen-bond acceptors (Lipinski definition) is 3. The van der Waals surface area contributed by atoms with Crippen molar-refractivity contribution in [2.45, 2.75) is 44.2 Å². The van der Waals surface area contributed by atoms with E-state index in [1.165, 1.54) is 11.1 Å². The van der Waals surface area contributed by atoms with Crippen molar-refractivity contribution in [2.75, 3.05) is 19.8 Å². The molecule has 2 heterocycles. The van der Waals surface area contributed by atoms with Gasteiger partial charge in [0.15, 0.2) is 0 Å². The predicted octanol–water partition coefficient (Wildman–Crippen LogP) is 4.39. The largest absolute Gasteiger partial charge is 0.463 e. The van der Waals surface area contributed by atoms with Gasteiger partial charge in [-0.05, 0) is 35.8 Å². The normalized spacial score (nSPS) is 29.2. The molecule has 0 aliphatic carbocycles. The van der Waals surface area contributed by atoms with Crippen LogP contribution in [0.2, 0.25) is 0 Å². The van der Waals surface area contributed by atoms with Gasteiger partial charge in [0.2, 0.25) is 0 Å². The Morgan fingerprint density at radius 1 is 1.36 bits per heavy atom. The van der Waals surface area contributed by atoms with Gasteiger partial charge in [-0.25, -0.2) is 4.39 Å². The van der Waals surface area contributed by atoms with Crippen LogP contribution in [0.4, 0.5) is 4.39 Å². The number of carbonyl (C=O) groups excluding carboxylic acids is 1. The number of alkyl halides is 1. The van der Waals surface area contributed by atoms with E-state index >= 15 is 0 Å². The Morgan fingerprint density at radius 3 is 2.80 bits per heavy atom. The summed E-state index contributed by atoms with van der Waals surface area (Å²) in [4.78, 5) is 15.2. The van der Waals surface area contributed by atoms with Gasteiger partial charge in [0.1, 0.15) is 13.3 Å². The van der Waals surface area contributed by atoms with E-state index < -0.39 is 6.67 Å². The summed E-state index contributed by atoms with van der Waals surface area (Å²) in [6.07, 6.45) is 5.23. The maximum absolute atomic E-state index is 12.8. The van der Waals surface area contributed by atoms with E-state index in [2.05, 4.69) is 64.8 Å². The molecule has 2 fully saturated rings. The minimum absolute atomic E-state index is 0.139. The fourth-order valence-electron chi connectivity index (χ4n) is 4.47. The number of hydrogen-bond donors (Lipinski definition) is 0. The third-order valence-electron chi connectivity index (χ3n) is 5.57. The zero-order valence-electron chi connectivity index (χ0n) is 14.5. The number of halogens is 2. The average Bonchev–Trinajstić information content (AvgIpc) is 2.89. The number of piperidine rings is 1. The summed E-state index contributed by atoms with van der Waals surface area (Å²) in [6.45, 7) is 2.17. The van der Waals surface area contributed by atoms with E-state index in [0.717, 1.165) is 25.8 Å². The monoisotopic (exact) mass is 456 g/mol. The summed E-state index contributed by atoms with van der Waals surface area (Å²) in [5, 5.41) is 0. The van der Waals surface area contributed by atoms with Gasteiger partial charge in [-0.15, -0.1) is 0 Å². The van der Waals surface area contributed by atoms with Crippen LogP contribution in [0.25, 0.3) is 0 Å². The van der Waals surface area contributed by atoms with E-state index in [4.69, 9.17) is 4.74 Å². The van der Waals surface area contributed by atoms with Crippen LogP contribution in [-0.4, -0.2) is 42.8 Å². The number of ether oxygens (including phenoxy) is 1. The molecule has 1 aromatic rings. The van der Waals surface area contributed by atoms with E-state index in [-0.39, 0.29) is 30.5 Å². The molecule has 0 unspecified atom stereocenters. The standard InChI is InChI=1S/C20H25FINO2/c1-14-3-5-15(6-4-14)17-13-16-7-8-18(23(16)11-2-10-22)19(17)20(24)25-12-9-21/h2-6,10,16-19H,7-9,11-13H2,1H3/b10-2+/t16-,17+,18-,19-/m0/s1/i21-1. The van der Waals surface area contributed by atoms with Crippen LogP contribution in [0, 0.1) is 12.8 Å². The molecule has 0 N–H and O–H groups in total. The smallest absolute Gasteiger partial charge is 0.311 e. The number of aryl methyl sites for hydroxylation is 1. The van der Waals surface area contributed by atoms with E-state index in [0.29, 0.717) is 6.04 Å². The van der Waals surface area contributed by atoms with Crippen molar-refractivity contribution in [3.63, 3.8) is 0 Å². The lowest BCUT2D eigenvalue weighted by molar-refractivity contribution is -0.154. The highest BCUT2D eigenvalue weighted by molar-refractivity contribution is 14.1. The molecule has 0 radical (unpaired) electrons. The van der Waals surface area contributed by atoms with Crippen molar-refractivity contribution in [1.29, 1.82) is 0 Å². The molecule has 25 heavy (non-hydrogen) atoms. The van der Waals surface area contributed by atoms with E-state index in [9.17, 15) is 9.18 Å². The molecule has 2 bridgehead atoms. The second-order valence-corrected chi connectivity index (χ2v) is 7.71. The Morgan fingerprint density at radius 2 is 2.12 bits per heavy atom. The first kappa shape index (κ1) is 18.8. The van der Waals surface area contributed by atoms with Crippen LogP contribution in [0.3, 0.4) is 0 Å². The van der Waals surface area contributed by atoms with Crippen molar-refractivity contribution in [3.8, 4) is 0 Å². The lowest BCUT2D eigenvalue weighted by Gasteiger charge is -2.43. The van der Waals surface area contributed by atoms with Crippen LogP contribution in [0.5, 0.6) is 0 Å². The lowest BCUT2D eigenvalue weighted by Crippen LogP contribution is -2.51. The average molecular weight is 456 g/mol. The number of fused-ring (bicyclic) bond motifs is 2. The zero-order chi connectivity index (χ0) is 17.8. The van der Waals surface area contributed by atoms with Crippen molar-refractivity contribution in [1.82, 2.24) is 4.90 Å². The van der Waals surface area contributed by atoms with E-state index in [1.54, 1.807) is 0 Å². The molecular formula is C20H25FINO2. The van der Waals surface area contributed by atoms with Gasteiger partial charge in [0.25, 0.3) is 0 Å². The van der Waals surface area contributed by atoms with Crippen molar-refractivity contribution < 1.29 is 13.9 Å². The first-order chi connectivity index (χ1) is 12.2. The number of rotatable bonds is 6. The predicted molar refractivity (Wildman–Crippen MR) is 106 cm³/mol. The summed E-state index contributed by atoms with van der Waals surface area (Å²) in [7, 11) is 0. The number of benzene rings is 1. The fraction of sp³-hybridized carbons (Fsp3) is 0.550. The van der Waals surface area contributed by atoms with Crippen LogP contribution in [0.1, 0.15) is 36.3 Å². The van der Waals surface area contributed by atoms with Crippen LogP contribution in [-0.2, 0) is 9.53 Å². The van der Waals surface area contributed by atoms with Gasteiger partial charge in [-0.3, -0.25) is 9.69 Å². The number of carbonyl (C=O) groups is 1. The van der Waals surface area contributed by atoms with Gasteiger partial charge >= 0.3 is 5.97 Å². The van der Waals surface area contributed by atoms with Gasteiger partial charge < -0.3 is 4.74 Å². The topological polar surface area (TPSA) is 29.5 Å². The maximum atomic E-state index is 12.8. The second-order valence-electron chi connectivity index (χ2n) is 6.99. The SMILES string of the molecule is Cc1ccc([C@H]2C[C@@H]3CC[C@@H]([C@H]2C(=O)OCC[18F])N3C/C=C/I)cc1. The van der Waals surface area contributed by atoms with Crippen molar-refractivity contribution >= 4 is 28.6 Å². The fourth-order valence-corrected chi connectivity index (χ4v) is 4.70. The van der Waals surface area contributed by atoms with E-state index in [1.807, 2.05) is 4.08 Å². The van der Waals surface area contributed by atoms with Gasteiger partial charge in [0.05, 0.1) is 5.92 Å². The van der Waals surface area contributed by atoms with Crippen LogP contribution < -0.4 is 0 Å². The third-order valence-corrected chi connectivity index (χ3v) is 6.08. The minimum atomic E-state index is -0.623.